The van der Waals surface area contributed by atoms with Crippen molar-refractivity contribution in [3.8, 4) is 0 Å². The van der Waals surface area contributed by atoms with E-state index in [2.05, 4.69) is 20.0 Å². The van der Waals surface area contributed by atoms with Gasteiger partial charge in [0.2, 0.25) is 0 Å². The van der Waals surface area contributed by atoms with Crippen molar-refractivity contribution >= 4 is 27.4 Å². The second kappa shape index (κ2) is 11.7. The van der Waals surface area contributed by atoms with Crippen molar-refractivity contribution in [2.24, 2.45) is 0 Å². The van der Waals surface area contributed by atoms with E-state index in [1.54, 1.807) is 6.04 Å². The molecule has 0 amide bonds. The SMILES string of the molecule is CCCCCCCC[SiH2][SiH2]O[SiH](C)C. The Labute approximate surface area is 96.3 Å². The fourth-order valence-electron chi connectivity index (χ4n) is 1.55. The summed E-state index contributed by atoms with van der Waals surface area (Å²) in [5.74, 6) is 0. The molecule has 1 nitrogen and oxygen atoms in total. The van der Waals surface area contributed by atoms with E-state index in [1.165, 1.54) is 38.5 Å². The molecule has 0 radical (unpaired) electrons. The maximum Gasteiger partial charge on any atom is 0.156 e. The van der Waals surface area contributed by atoms with Crippen molar-refractivity contribution in [1.29, 1.82) is 0 Å². The van der Waals surface area contributed by atoms with Gasteiger partial charge in [-0.3, -0.25) is 0 Å². The minimum absolute atomic E-state index is 0.0206. The van der Waals surface area contributed by atoms with Gasteiger partial charge in [0, 0.05) is 9.04 Å². The van der Waals surface area contributed by atoms with Crippen LogP contribution in [0.25, 0.3) is 0 Å². The Balaban J connectivity index is 2.85. The summed E-state index contributed by atoms with van der Waals surface area (Å²) in [6.45, 7) is 6.88. The maximum atomic E-state index is 5.83. The zero-order chi connectivity index (χ0) is 10.6. The van der Waals surface area contributed by atoms with Crippen LogP contribution in [0.4, 0.5) is 0 Å². The van der Waals surface area contributed by atoms with Crippen LogP contribution in [0.5, 0.6) is 0 Å². The van der Waals surface area contributed by atoms with Gasteiger partial charge in [-0.05, 0) is 13.1 Å². The van der Waals surface area contributed by atoms with Gasteiger partial charge in [-0.15, -0.1) is 0 Å². The van der Waals surface area contributed by atoms with Gasteiger partial charge in [0.05, 0.1) is 0 Å². The van der Waals surface area contributed by atoms with Crippen molar-refractivity contribution in [3.63, 3.8) is 0 Å². The van der Waals surface area contributed by atoms with Crippen LogP contribution in [0.2, 0.25) is 19.1 Å². The van der Waals surface area contributed by atoms with Gasteiger partial charge in [0.1, 0.15) is 9.28 Å². The van der Waals surface area contributed by atoms with E-state index in [-0.39, 0.29) is 18.3 Å². The van der Waals surface area contributed by atoms with Crippen molar-refractivity contribution in [1.82, 2.24) is 0 Å². The third-order valence-corrected chi connectivity index (χ3v) is 11.8. The largest absolute Gasteiger partial charge is 0.466 e. The van der Waals surface area contributed by atoms with Crippen LogP contribution in [0.15, 0.2) is 0 Å². The monoisotopic (exact) mass is 248 g/mol. The molecule has 0 aliphatic rings. The van der Waals surface area contributed by atoms with Crippen LogP contribution in [0, 0.1) is 0 Å². The lowest BCUT2D eigenvalue weighted by atomic mass is 10.1. The molecule has 86 valence electrons. The summed E-state index contributed by atoms with van der Waals surface area (Å²) in [6.07, 6.45) is 8.74. The minimum atomic E-state index is -0.648. The molecule has 0 aromatic heterocycles. The molecule has 0 bridgehead atoms. The van der Waals surface area contributed by atoms with E-state index < -0.39 is 9.04 Å². The molecule has 0 N–H and O–H groups in total. The first kappa shape index (κ1) is 14.6. The Morgan fingerprint density at radius 2 is 1.64 bits per heavy atom. The predicted molar refractivity (Wildman–Crippen MR) is 75.2 cm³/mol. The van der Waals surface area contributed by atoms with Crippen LogP contribution in [0.1, 0.15) is 45.4 Å². The van der Waals surface area contributed by atoms with E-state index >= 15 is 0 Å². The Morgan fingerprint density at radius 3 is 2.29 bits per heavy atom. The van der Waals surface area contributed by atoms with Crippen LogP contribution in [0.3, 0.4) is 0 Å². The normalized spacial score (nSPS) is 12.9. The highest BCUT2D eigenvalue weighted by molar-refractivity contribution is 6.99. The van der Waals surface area contributed by atoms with Gasteiger partial charge in [-0.2, -0.15) is 0 Å². The standard InChI is InChI=1S/C10H28OSi3/c1-4-5-6-7-8-9-10-12-13-11-14(2)3/h14H,4-10,12-13H2,1-3H3. The number of unbranched alkanes of at least 4 members (excludes halogenated alkanes) is 5. The first-order chi connectivity index (χ1) is 6.77. The Kier molecular flexibility index (Phi) is 12.2. The summed E-state index contributed by atoms with van der Waals surface area (Å²) in [4.78, 5) is 0. The molecule has 0 saturated heterocycles. The predicted octanol–water partition coefficient (Wildman–Crippen LogP) is 1.93. The number of rotatable bonds is 10. The summed E-state index contributed by atoms with van der Waals surface area (Å²) in [5.41, 5.74) is 0. The quantitative estimate of drug-likeness (QED) is 0.424. The molecule has 14 heavy (non-hydrogen) atoms. The molecule has 0 fully saturated rings. The molecule has 0 unspecified atom stereocenters. The van der Waals surface area contributed by atoms with Gasteiger partial charge < -0.3 is 4.12 Å². The Morgan fingerprint density at radius 1 is 1.00 bits per heavy atom. The Bertz CT molecular complexity index is 110. The van der Waals surface area contributed by atoms with Gasteiger partial charge in [-0.25, -0.2) is 0 Å². The van der Waals surface area contributed by atoms with E-state index in [0.29, 0.717) is 0 Å². The maximum absolute atomic E-state index is 5.83. The number of hydrogen-bond acceptors (Lipinski definition) is 1. The second-order valence-corrected chi connectivity index (χ2v) is 13.0. The Hall–Kier alpha value is 0.611. The molecule has 0 heterocycles. The molecule has 0 aromatic rings. The molecule has 0 atom stereocenters. The van der Waals surface area contributed by atoms with E-state index in [1.807, 2.05) is 0 Å². The topological polar surface area (TPSA) is 9.23 Å². The molecule has 0 aliphatic heterocycles. The average Bonchev–Trinajstić information content (AvgIpc) is 2.15. The zero-order valence-corrected chi connectivity index (χ0v) is 14.3. The lowest BCUT2D eigenvalue weighted by Crippen LogP contribution is -2.16. The zero-order valence-electron chi connectivity index (χ0n) is 10.3. The molecule has 0 rings (SSSR count). The van der Waals surface area contributed by atoms with Crippen molar-refractivity contribution in [3.05, 3.63) is 0 Å². The van der Waals surface area contributed by atoms with Crippen molar-refractivity contribution < 1.29 is 4.12 Å². The lowest BCUT2D eigenvalue weighted by Gasteiger charge is -2.05. The fourth-order valence-corrected chi connectivity index (χ4v) is 12.4. The second-order valence-electron chi connectivity index (χ2n) is 4.39. The van der Waals surface area contributed by atoms with Crippen LogP contribution < -0.4 is 0 Å². The summed E-state index contributed by atoms with van der Waals surface area (Å²) in [5, 5.41) is 0. The molecule has 0 spiro atoms. The molecular formula is C10H28OSi3. The van der Waals surface area contributed by atoms with Gasteiger partial charge in [0.25, 0.3) is 0 Å². The van der Waals surface area contributed by atoms with Crippen molar-refractivity contribution in [2.75, 3.05) is 0 Å². The molecular weight excluding hydrogens is 220 g/mol. The highest BCUT2D eigenvalue weighted by Gasteiger charge is 1.96. The van der Waals surface area contributed by atoms with Gasteiger partial charge >= 0.3 is 0 Å². The molecule has 4 heteroatoms. The van der Waals surface area contributed by atoms with E-state index in [9.17, 15) is 0 Å². The highest BCUT2D eigenvalue weighted by atomic mass is 29.2. The van der Waals surface area contributed by atoms with Gasteiger partial charge in [0.15, 0.2) is 9.04 Å². The third-order valence-electron chi connectivity index (χ3n) is 2.45. The smallest absolute Gasteiger partial charge is 0.156 e. The van der Waals surface area contributed by atoms with Gasteiger partial charge in [-0.1, -0.05) is 51.5 Å². The summed E-state index contributed by atoms with van der Waals surface area (Å²) < 4.78 is 5.83. The molecule has 0 aromatic carbocycles. The highest BCUT2D eigenvalue weighted by Crippen LogP contribution is 2.06. The summed E-state index contributed by atoms with van der Waals surface area (Å²) >= 11 is 0. The van der Waals surface area contributed by atoms with Crippen LogP contribution in [-0.2, 0) is 4.12 Å². The minimum Gasteiger partial charge on any atom is -0.466 e. The number of hydrogen-bond donors (Lipinski definition) is 0. The molecule has 0 saturated carbocycles. The summed E-state index contributed by atoms with van der Waals surface area (Å²) in [6, 6.07) is 1.57. The molecule has 0 aliphatic carbocycles. The van der Waals surface area contributed by atoms with Crippen LogP contribution in [-0.4, -0.2) is 27.4 Å². The third kappa shape index (κ3) is 12.6. The average molecular weight is 249 g/mol. The fraction of sp³-hybridized carbons (Fsp3) is 1.00. The van der Waals surface area contributed by atoms with E-state index in [4.69, 9.17) is 4.12 Å². The first-order valence-corrected chi connectivity index (χ1v) is 14.7. The van der Waals surface area contributed by atoms with Crippen molar-refractivity contribution in [2.45, 2.75) is 64.6 Å². The van der Waals surface area contributed by atoms with E-state index in [0.717, 1.165) is 0 Å². The lowest BCUT2D eigenvalue weighted by molar-refractivity contribution is 0.622. The first-order valence-electron chi connectivity index (χ1n) is 6.39. The van der Waals surface area contributed by atoms with Crippen LogP contribution >= 0.6 is 0 Å². The summed E-state index contributed by atoms with van der Waals surface area (Å²) in [7, 11) is -0.347.